The van der Waals surface area contributed by atoms with Crippen molar-refractivity contribution in [1.29, 1.82) is 0 Å². The summed E-state index contributed by atoms with van der Waals surface area (Å²) in [6.07, 6.45) is 2.53. The second-order valence-corrected chi connectivity index (χ2v) is 6.52. The molecule has 6 nitrogen and oxygen atoms in total. The molecule has 3 aromatic rings. The lowest BCUT2D eigenvalue weighted by molar-refractivity contribution is 0.102. The van der Waals surface area contributed by atoms with Crippen LogP contribution >= 0.6 is 11.3 Å². The molecule has 0 radical (unpaired) electrons. The maximum absolute atomic E-state index is 12.3. The van der Waals surface area contributed by atoms with Gasteiger partial charge in [-0.3, -0.25) is 9.48 Å². The van der Waals surface area contributed by atoms with Crippen LogP contribution in [0, 0.1) is 0 Å². The van der Waals surface area contributed by atoms with Crippen LogP contribution in [0.1, 0.15) is 35.4 Å². The molecule has 0 aliphatic carbocycles. The van der Waals surface area contributed by atoms with Crippen LogP contribution in [-0.4, -0.2) is 27.2 Å². The van der Waals surface area contributed by atoms with E-state index in [0.29, 0.717) is 18.7 Å². The monoisotopic (exact) mass is 329 g/mol. The van der Waals surface area contributed by atoms with Crippen molar-refractivity contribution in [3.63, 3.8) is 0 Å². The van der Waals surface area contributed by atoms with Gasteiger partial charge >= 0.3 is 0 Å². The average molecular weight is 329 g/mol. The van der Waals surface area contributed by atoms with Gasteiger partial charge in [0, 0.05) is 28.9 Å². The molecule has 0 fully saturated rings. The minimum atomic E-state index is -0.209. The van der Waals surface area contributed by atoms with E-state index in [-0.39, 0.29) is 11.9 Å². The molecule has 2 heterocycles. The van der Waals surface area contributed by atoms with Gasteiger partial charge in [0.05, 0.1) is 16.7 Å². The highest BCUT2D eigenvalue weighted by atomic mass is 32.1. The second-order valence-electron chi connectivity index (χ2n) is 5.58. The summed E-state index contributed by atoms with van der Waals surface area (Å²) in [7, 11) is 0. The highest BCUT2D eigenvalue weighted by Gasteiger charge is 2.12. The lowest BCUT2D eigenvalue weighted by atomic mass is 10.2. The first kappa shape index (κ1) is 15.6. The van der Waals surface area contributed by atoms with Crippen LogP contribution in [0.3, 0.4) is 0 Å². The number of fused-ring (bicyclic) bond motifs is 1. The number of carbonyl (C=O) groups is 1. The molecule has 23 heavy (non-hydrogen) atoms. The predicted molar refractivity (Wildman–Crippen MR) is 92.9 cm³/mol. The second kappa shape index (κ2) is 6.47. The molecule has 0 saturated heterocycles. The van der Waals surface area contributed by atoms with Gasteiger partial charge in [-0.25, -0.2) is 4.98 Å². The van der Waals surface area contributed by atoms with Crippen molar-refractivity contribution in [1.82, 2.24) is 14.8 Å². The van der Waals surface area contributed by atoms with Gasteiger partial charge in [-0.2, -0.15) is 5.10 Å². The van der Waals surface area contributed by atoms with E-state index in [9.17, 15) is 4.79 Å². The first-order valence-corrected chi connectivity index (χ1v) is 8.39. The summed E-state index contributed by atoms with van der Waals surface area (Å²) in [5.41, 5.74) is 7.67. The number of nitrogens with zero attached hydrogens (tertiary/aromatic N) is 3. The Hall–Kier alpha value is -2.25. The van der Waals surface area contributed by atoms with Crippen molar-refractivity contribution in [2.45, 2.75) is 26.3 Å². The molecule has 120 valence electrons. The van der Waals surface area contributed by atoms with Crippen molar-refractivity contribution >= 4 is 33.8 Å². The summed E-state index contributed by atoms with van der Waals surface area (Å²) in [5.74, 6) is -0.209. The van der Waals surface area contributed by atoms with E-state index in [4.69, 9.17) is 5.73 Å². The van der Waals surface area contributed by atoms with E-state index < -0.39 is 0 Å². The number of nitrogens with one attached hydrogen (secondary N) is 1. The number of benzene rings is 1. The van der Waals surface area contributed by atoms with E-state index in [1.165, 1.54) is 11.3 Å². The van der Waals surface area contributed by atoms with Gasteiger partial charge in [0.25, 0.3) is 5.91 Å². The Bertz CT molecular complexity index is 836. The normalized spacial score (nSPS) is 11.3. The van der Waals surface area contributed by atoms with Crippen LogP contribution < -0.4 is 11.1 Å². The molecule has 0 spiro atoms. The molecule has 1 amide bonds. The maximum Gasteiger partial charge on any atom is 0.275 e. The van der Waals surface area contributed by atoms with Gasteiger partial charge in [0.1, 0.15) is 5.69 Å². The van der Waals surface area contributed by atoms with E-state index in [1.54, 1.807) is 5.38 Å². The van der Waals surface area contributed by atoms with Crippen LogP contribution in [0.4, 0.5) is 5.69 Å². The smallest absolute Gasteiger partial charge is 0.275 e. The summed E-state index contributed by atoms with van der Waals surface area (Å²) in [6, 6.07) is 6.03. The molecular formula is C16H19N5OS. The van der Waals surface area contributed by atoms with Gasteiger partial charge in [-0.15, -0.1) is 11.3 Å². The van der Waals surface area contributed by atoms with E-state index in [2.05, 4.69) is 29.2 Å². The van der Waals surface area contributed by atoms with Crippen LogP contribution in [0.5, 0.6) is 0 Å². The largest absolute Gasteiger partial charge is 0.330 e. The van der Waals surface area contributed by atoms with Crippen molar-refractivity contribution in [3.05, 3.63) is 40.5 Å². The summed E-state index contributed by atoms with van der Waals surface area (Å²) in [4.78, 5) is 16.6. The number of rotatable bonds is 5. The van der Waals surface area contributed by atoms with Crippen molar-refractivity contribution in [2.24, 2.45) is 5.73 Å². The van der Waals surface area contributed by atoms with E-state index in [0.717, 1.165) is 21.6 Å². The molecule has 0 unspecified atom stereocenters. The highest BCUT2D eigenvalue weighted by molar-refractivity contribution is 7.09. The van der Waals surface area contributed by atoms with Crippen LogP contribution in [0.15, 0.2) is 29.8 Å². The summed E-state index contributed by atoms with van der Waals surface area (Å²) in [6.45, 7) is 4.68. The Morgan fingerprint density at radius 1 is 1.43 bits per heavy atom. The Morgan fingerprint density at radius 3 is 3.00 bits per heavy atom. The topological polar surface area (TPSA) is 85.8 Å². The number of nitrogens with two attached hydrogens (primary N) is 1. The van der Waals surface area contributed by atoms with Crippen LogP contribution in [0.25, 0.3) is 10.9 Å². The fourth-order valence-electron chi connectivity index (χ4n) is 2.38. The average Bonchev–Trinajstić information content (AvgIpc) is 3.13. The lowest BCUT2D eigenvalue weighted by Gasteiger charge is -2.08. The molecule has 0 saturated carbocycles. The number of carbonyl (C=O) groups excluding carboxylic acids is 1. The van der Waals surface area contributed by atoms with Crippen LogP contribution in [0.2, 0.25) is 0 Å². The Kier molecular flexibility index (Phi) is 4.40. The SMILES string of the molecule is CC(C)n1ncc2ccc(NC(=O)c3csc(CCN)n3)cc21. The molecule has 0 bridgehead atoms. The summed E-state index contributed by atoms with van der Waals surface area (Å²) < 4.78 is 1.94. The number of aromatic nitrogens is 3. The minimum absolute atomic E-state index is 0.209. The fraction of sp³-hybridized carbons (Fsp3) is 0.312. The number of thiazole rings is 1. The summed E-state index contributed by atoms with van der Waals surface area (Å²) in [5, 5.41) is 11.0. The summed E-state index contributed by atoms with van der Waals surface area (Å²) >= 11 is 1.46. The standard InChI is InChI=1S/C16H19N5OS/c1-10(2)21-14-7-12(4-3-11(14)8-18-21)19-16(22)13-9-23-15(20-13)5-6-17/h3-4,7-10H,5-6,17H2,1-2H3,(H,19,22). The van der Waals surface area contributed by atoms with Gasteiger partial charge in [-0.1, -0.05) is 0 Å². The van der Waals surface area contributed by atoms with Crippen molar-refractivity contribution < 1.29 is 4.79 Å². The van der Waals surface area contributed by atoms with Gasteiger partial charge in [0.2, 0.25) is 0 Å². The maximum atomic E-state index is 12.3. The predicted octanol–water partition coefficient (Wildman–Crippen LogP) is 2.83. The van der Waals surface area contributed by atoms with Crippen molar-refractivity contribution in [2.75, 3.05) is 11.9 Å². The molecular weight excluding hydrogens is 310 g/mol. The first-order chi connectivity index (χ1) is 11.1. The third-order valence-electron chi connectivity index (χ3n) is 3.49. The van der Waals surface area contributed by atoms with Gasteiger partial charge in [-0.05, 0) is 38.6 Å². The third-order valence-corrected chi connectivity index (χ3v) is 4.40. The lowest BCUT2D eigenvalue weighted by Crippen LogP contribution is -2.13. The Balaban J connectivity index is 1.82. The minimum Gasteiger partial charge on any atom is -0.330 e. The first-order valence-electron chi connectivity index (χ1n) is 7.51. The molecule has 3 rings (SSSR count). The quantitative estimate of drug-likeness (QED) is 0.753. The molecule has 7 heteroatoms. The fourth-order valence-corrected chi connectivity index (χ4v) is 3.17. The number of hydrogen-bond donors (Lipinski definition) is 2. The van der Waals surface area contributed by atoms with E-state index >= 15 is 0 Å². The Labute approximate surface area is 138 Å². The zero-order valence-corrected chi connectivity index (χ0v) is 13.9. The molecule has 3 N–H and O–H groups in total. The number of hydrogen-bond acceptors (Lipinski definition) is 5. The third kappa shape index (κ3) is 3.25. The zero-order valence-electron chi connectivity index (χ0n) is 13.1. The van der Waals surface area contributed by atoms with Gasteiger partial charge < -0.3 is 11.1 Å². The number of amides is 1. The molecule has 0 aliphatic heterocycles. The Morgan fingerprint density at radius 2 is 2.26 bits per heavy atom. The molecule has 1 aromatic carbocycles. The van der Waals surface area contributed by atoms with Crippen molar-refractivity contribution in [3.8, 4) is 0 Å². The highest BCUT2D eigenvalue weighted by Crippen LogP contribution is 2.22. The molecule has 0 atom stereocenters. The van der Waals surface area contributed by atoms with Gasteiger partial charge in [0.15, 0.2) is 0 Å². The van der Waals surface area contributed by atoms with E-state index in [1.807, 2.05) is 29.1 Å². The molecule has 0 aliphatic rings. The van der Waals surface area contributed by atoms with Crippen LogP contribution in [-0.2, 0) is 6.42 Å². The molecule has 2 aromatic heterocycles. The zero-order chi connectivity index (χ0) is 16.4. The number of anilines is 1.